The van der Waals surface area contributed by atoms with Crippen LogP contribution in [0.2, 0.25) is 0 Å². The van der Waals surface area contributed by atoms with E-state index in [9.17, 15) is 0 Å². The maximum absolute atomic E-state index is 5.17. The van der Waals surface area contributed by atoms with Crippen LogP contribution in [0.5, 0.6) is 0 Å². The molecule has 0 aliphatic carbocycles. The van der Waals surface area contributed by atoms with Crippen LogP contribution < -0.4 is 0 Å². The fourth-order valence-corrected chi connectivity index (χ4v) is 1.86. The van der Waals surface area contributed by atoms with Gasteiger partial charge in [-0.2, -0.15) is 5.10 Å². The second kappa shape index (κ2) is 4.49. The first-order valence-electron chi connectivity index (χ1n) is 5.82. The lowest BCUT2D eigenvalue weighted by atomic mass is 10.2. The summed E-state index contributed by atoms with van der Waals surface area (Å²) in [5.41, 5.74) is 2.97. The molecular formula is C14H13N3O. The number of rotatable bonds is 3. The van der Waals surface area contributed by atoms with Crippen LogP contribution in [-0.2, 0) is 6.54 Å². The molecule has 0 atom stereocenters. The highest BCUT2D eigenvalue weighted by atomic mass is 16.5. The van der Waals surface area contributed by atoms with E-state index in [1.165, 1.54) is 0 Å². The molecule has 0 unspecified atom stereocenters. The van der Waals surface area contributed by atoms with Crippen molar-refractivity contribution in [2.24, 2.45) is 0 Å². The predicted molar refractivity (Wildman–Crippen MR) is 68.0 cm³/mol. The molecule has 2 heterocycles. The van der Waals surface area contributed by atoms with E-state index in [1.54, 1.807) is 0 Å². The van der Waals surface area contributed by atoms with Gasteiger partial charge in [-0.3, -0.25) is 4.68 Å². The Balaban J connectivity index is 1.82. The Bertz CT molecular complexity index is 640. The summed E-state index contributed by atoms with van der Waals surface area (Å²) in [6, 6.07) is 14.0. The molecule has 0 N–H and O–H groups in total. The molecule has 0 saturated carbocycles. The predicted octanol–water partition coefficient (Wildman–Crippen LogP) is 2.89. The van der Waals surface area contributed by atoms with Crippen LogP contribution in [0.25, 0.3) is 11.3 Å². The van der Waals surface area contributed by atoms with Gasteiger partial charge in [-0.25, -0.2) is 0 Å². The van der Waals surface area contributed by atoms with Gasteiger partial charge in [-0.15, -0.1) is 0 Å². The summed E-state index contributed by atoms with van der Waals surface area (Å²) in [6.07, 6.45) is 1.94. The second-order valence-corrected chi connectivity index (χ2v) is 4.20. The summed E-state index contributed by atoms with van der Waals surface area (Å²) in [5, 5.41) is 8.38. The zero-order valence-electron chi connectivity index (χ0n) is 10.1. The van der Waals surface area contributed by atoms with Crippen LogP contribution in [0.1, 0.15) is 11.5 Å². The normalized spacial score (nSPS) is 10.7. The average molecular weight is 239 g/mol. The summed E-state index contributed by atoms with van der Waals surface area (Å²) < 4.78 is 7.02. The fourth-order valence-electron chi connectivity index (χ4n) is 1.86. The molecule has 18 heavy (non-hydrogen) atoms. The molecule has 0 aliphatic rings. The minimum atomic E-state index is 0.605. The molecule has 4 heteroatoms. The van der Waals surface area contributed by atoms with Gasteiger partial charge in [0.2, 0.25) is 0 Å². The molecule has 3 aromatic rings. The SMILES string of the molecule is Cc1cc(Cn2ccc(-c3ccccc3)n2)on1. The highest BCUT2D eigenvalue weighted by Crippen LogP contribution is 2.16. The van der Waals surface area contributed by atoms with Gasteiger partial charge in [-0.05, 0) is 13.0 Å². The smallest absolute Gasteiger partial charge is 0.158 e. The van der Waals surface area contributed by atoms with Gasteiger partial charge in [0.25, 0.3) is 0 Å². The molecule has 0 amide bonds. The first-order chi connectivity index (χ1) is 8.81. The average Bonchev–Trinajstić information content (AvgIpc) is 3.01. The van der Waals surface area contributed by atoms with Gasteiger partial charge >= 0.3 is 0 Å². The maximum Gasteiger partial charge on any atom is 0.158 e. The summed E-state index contributed by atoms with van der Waals surface area (Å²) >= 11 is 0. The van der Waals surface area contributed by atoms with Gasteiger partial charge in [-0.1, -0.05) is 35.5 Å². The van der Waals surface area contributed by atoms with E-state index < -0.39 is 0 Å². The third kappa shape index (κ3) is 2.18. The minimum Gasteiger partial charge on any atom is -0.359 e. The van der Waals surface area contributed by atoms with Crippen molar-refractivity contribution < 1.29 is 4.52 Å². The van der Waals surface area contributed by atoms with Crippen molar-refractivity contribution >= 4 is 0 Å². The summed E-state index contributed by atoms with van der Waals surface area (Å²) in [7, 11) is 0. The molecule has 90 valence electrons. The topological polar surface area (TPSA) is 43.9 Å². The quantitative estimate of drug-likeness (QED) is 0.705. The van der Waals surface area contributed by atoms with Crippen LogP contribution >= 0.6 is 0 Å². The Labute approximate surface area is 105 Å². The molecule has 0 fully saturated rings. The molecular weight excluding hydrogens is 226 g/mol. The third-order valence-corrected chi connectivity index (χ3v) is 2.70. The number of aromatic nitrogens is 3. The Morgan fingerprint density at radius 2 is 2.00 bits per heavy atom. The first kappa shape index (κ1) is 10.8. The van der Waals surface area contributed by atoms with E-state index in [-0.39, 0.29) is 0 Å². The zero-order chi connectivity index (χ0) is 12.4. The van der Waals surface area contributed by atoms with E-state index in [0.717, 1.165) is 22.7 Å². The molecule has 1 aromatic carbocycles. The number of aryl methyl sites for hydroxylation is 1. The maximum atomic E-state index is 5.17. The van der Waals surface area contributed by atoms with Crippen LogP contribution in [0.15, 0.2) is 53.2 Å². The molecule has 2 aromatic heterocycles. The number of hydrogen-bond donors (Lipinski definition) is 0. The van der Waals surface area contributed by atoms with E-state index in [1.807, 2.05) is 60.3 Å². The Kier molecular flexibility index (Phi) is 2.68. The molecule has 0 saturated heterocycles. The summed E-state index contributed by atoms with van der Waals surface area (Å²) in [4.78, 5) is 0. The van der Waals surface area contributed by atoms with Crippen LogP contribution in [0.4, 0.5) is 0 Å². The Morgan fingerprint density at radius 3 is 2.72 bits per heavy atom. The van der Waals surface area contributed by atoms with Crippen LogP contribution in [0.3, 0.4) is 0 Å². The fraction of sp³-hybridized carbons (Fsp3) is 0.143. The number of benzene rings is 1. The summed E-state index contributed by atoms with van der Waals surface area (Å²) in [6.45, 7) is 2.51. The lowest BCUT2D eigenvalue weighted by Gasteiger charge is -1.97. The lowest BCUT2D eigenvalue weighted by molar-refractivity contribution is 0.368. The molecule has 0 bridgehead atoms. The zero-order valence-corrected chi connectivity index (χ0v) is 10.1. The minimum absolute atomic E-state index is 0.605. The van der Waals surface area contributed by atoms with Crippen molar-refractivity contribution in [2.75, 3.05) is 0 Å². The van der Waals surface area contributed by atoms with Gasteiger partial charge in [0, 0.05) is 17.8 Å². The van der Waals surface area contributed by atoms with Crippen molar-refractivity contribution in [3.63, 3.8) is 0 Å². The molecule has 0 radical (unpaired) electrons. The van der Waals surface area contributed by atoms with Crippen molar-refractivity contribution in [3.05, 3.63) is 60.1 Å². The van der Waals surface area contributed by atoms with E-state index in [4.69, 9.17) is 4.52 Å². The van der Waals surface area contributed by atoms with E-state index >= 15 is 0 Å². The lowest BCUT2D eigenvalue weighted by Crippen LogP contribution is -1.99. The summed E-state index contributed by atoms with van der Waals surface area (Å²) in [5.74, 6) is 0.815. The van der Waals surface area contributed by atoms with Crippen molar-refractivity contribution in [1.29, 1.82) is 0 Å². The van der Waals surface area contributed by atoms with Crippen molar-refractivity contribution in [1.82, 2.24) is 14.9 Å². The molecule has 0 spiro atoms. The van der Waals surface area contributed by atoms with E-state index in [2.05, 4.69) is 10.3 Å². The Morgan fingerprint density at radius 1 is 1.17 bits per heavy atom. The number of hydrogen-bond acceptors (Lipinski definition) is 3. The highest BCUT2D eigenvalue weighted by molar-refractivity contribution is 5.57. The monoisotopic (exact) mass is 239 g/mol. The van der Waals surface area contributed by atoms with Crippen LogP contribution in [0, 0.1) is 6.92 Å². The Hall–Kier alpha value is -2.36. The van der Waals surface area contributed by atoms with Gasteiger partial charge in [0.05, 0.1) is 11.4 Å². The standard InChI is InChI=1S/C14H13N3O/c1-11-9-13(18-16-11)10-17-8-7-14(15-17)12-5-3-2-4-6-12/h2-9H,10H2,1H3. The van der Waals surface area contributed by atoms with Crippen molar-refractivity contribution in [3.8, 4) is 11.3 Å². The first-order valence-corrected chi connectivity index (χ1v) is 5.82. The van der Waals surface area contributed by atoms with E-state index in [0.29, 0.717) is 6.54 Å². The van der Waals surface area contributed by atoms with Gasteiger partial charge in [0.15, 0.2) is 5.76 Å². The third-order valence-electron chi connectivity index (χ3n) is 2.70. The highest BCUT2D eigenvalue weighted by Gasteiger charge is 2.05. The largest absolute Gasteiger partial charge is 0.359 e. The molecule has 3 rings (SSSR count). The molecule has 0 aliphatic heterocycles. The van der Waals surface area contributed by atoms with Crippen LogP contribution in [-0.4, -0.2) is 14.9 Å². The van der Waals surface area contributed by atoms with Gasteiger partial charge < -0.3 is 4.52 Å². The molecule has 4 nitrogen and oxygen atoms in total. The van der Waals surface area contributed by atoms with Gasteiger partial charge in [0.1, 0.15) is 6.54 Å². The second-order valence-electron chi connectivity index (χ2n) is 4.20. The number of nitrogens with zero attached hydrogens (tertiary/aromatic N) is 3. The van der Waals surface area contributed by atoms with Crippen molar-refractivity contribution in [2.45, 2.75) is 13.5 Å².